The maximum absolute atomic E-state index is 12.0. The number of halogens is 4. The third-order valence-electron chi connectivity index (χ3n) is 1.74. The average molecular weight is 270 g/mol. The Balaban J connectivity index is 3.19. The topological polar surface area (TPSA) is 61.5 Å². The first-order chi connectivity index (χ1) is 7.74. The Hall–Kier alpha value is -1.63. The van der Waals surface area contributed by atoms with Crippen LogP contribution in [-0.2, 0) is 4.74 Å². The lowest BCUT2D eigenvalue weighted by atomic mass is 10.1. The number of hydrogen-bond donors (Lipinski definition) is 1. The highest BCUT2D eigenvalue weighted by Crippen LogP contribution is 2.33. The second-order valence-corrected chi connectivity index (χ2v) is 3.32. The molecule has 0 aliphatic heterocycles. The lowest BCUT2D eigenvalue weighted by molar-refractivity contribution is -0.274. The molecule has 1 aromatic rings. The molecule has 0 radical (unpaired) electrons. The molecule has 0 bridgehead atoms. The van der Waals surface area contributed by atoms with Crippen LogP contribution in [0.25, 0.3) is 0 Å². The van der Waals surface area contributed by atoms with Crippen molar-refractivity contribution in [3.63, 3.8) is 0 Å². The molecule has 0 heterocycles. The van der Waals surface area contributed by atoms with Crippen LogP contribution in [-0.4, -0.2) is 19.4 Å². The molecular weight excluding hydrogens is 263 g/mol. The number of ether oxygens (including phenoxy) is 2. The molecule has 0 amide bonds. The number of methoxy groups -OCH3 is 1. The van der Waals surface area contributed by atoms with Gasteiger partial charge in [0.1, 0.15) is 5.75 Å². The molecule has 0 aromatic heterocycles. The van der Waals surface area contributed by atoms with E-state index in [-0.39, 0.29) is 16.3 Å². The van der Waals surface area contributed by atoms with Crippen LogP contribution in [0.2, 0.25) is 5.02 Å². The molecule has 0 atom stereocenters. The van der Waals surface area contributed by atoms with Gasteiger partial charge in [0.25, 0.3) is 0 Å². The number of rotatable bonds is 2. The van der Waals surface area contributed by atoms with E-state index in [1.165, 1.54) is 0 Å². The zero-order chi connectivity index (χ0) is 13.2. The van der Waals surface area contributed by atoms with Crippen LogP contribution >= 0.6 is 11.6 Å². The van der Waals surface area contributed by atoms with Gasteiger partial charge >= 0.3 is 12.3 Å². The number of esters is 1. The summed E-state index contributed by atoms with van der Waals surface area (Å²) in [6.45, 7) is 0. The van der Waals surface area contributed by atoms with E-state index in [9.17, 15) is 18.0 Å². The molecule has 1 aromatic carbocycles. The van der Waals surface area contributed by atoms with Crippen LogP contribution in [0.4, 0.5) is 18.9 Å². The predicted octanol–water partition coefficient (Wildman–Crippen LogP) is 2.61. The van der Waals surface area contributed by atoms with Crippen molar-refractivity contribution in [2.45, 2.75) is 6.36 Å². The highest BCUT2D eigenvalue weighted by atomic mass is 35.5. The second-order valence-electron chi connectivity index (χ2n) is 2.91. The summed E-state index contributed by atoms with van der Waals surface area (Å²) in [6.07, 6.45) is -4.91. The Morgan fingerprint density at radius 2 is 2.00 bits per heavy atom. The van der Waals surface area contributed by atoms with Gasteiger partial charge < -0.3 is 15.2 Å². The fraction of sp³-hybridized carbons (Fsp3) is 0.222. The zero-order valence-corrected chi connectivity index (χ0v) is 9.22. The average Bonchev–Trinajstić information content (AvgIpc) is 2.19. The molecule has 0 aliphatic carbocycles. The minimum absolute atomic E-state index is 0.101. The maximum Gasteiger partial charge on any atom is 0.573 e. The van der Waals surface area contributed by atoms with E-state index >= 15 is 0 Å². The van der Waals surface area contributed by atoms with Crippen molar-refractivity contribution in [3.05, 3.63) is 22.7 Å². The Bertz CT molecular complexity index is 448. The highest BCUT2D eigenvalue weighted by Gasteiger charge is 2.32. The number of anilines is 1. The monoisotopic (exact) mass is 269 g/mol. The Morgan fingerprint density at radius 1 is 1.41 bits per heavy atom. The van der Waals surface area contributed by atoms with Crippen molar-refractivity contribution >= 4 is 23.3 Å². The largest absolute Gasteiger partial charge is 0.573 e. The van der Waals surface area contributed by atoms with Gasteiger partial charge in [0.15, 0.2) is 0 Å². The number of nitrogens with two attached hydrogens (primary N) is 1. The molecule has 0 saturated heterocycles. The molecule has 2 N–H and O–H groups in total. The van der Waals surface area contributed by atoms with Crippen LogP contribution in [0, 0.1) is 0 Å². The van der Waals surface area contributed by atoms with Crippen molar-refractivity contribution in [1.29, 1.82) is 0 Å². The van der Waals surface area contributed by atoms with Crippen LogP contribution in [0.1, 0.15) is 10.4 Å². The van der Waals surface area contributed by atoms with Crippen molar-refractivity contribution < 1.29 is 27.4 Å². The molecule has 17 heavy (non-hydrogen) atoms. The fourth-order valence-electron chi connectivity index (χ4n) is 1.06. The zero-order valence-electron chi connectivity index (χ0n) is 8.47. The number of alkyl halides is 3. The SMILES string of the molecule is COC(=O)c1cc(OC(F)(F)F)c(Cl)cc1N. The molecule has 8 heteroatoms. The minimum atomic E-state index is -4.91. The van der Waals surface area contributed by atoms with Crippen LogP contribution in [0.15, 0.2) is 12.1 Å². The number of nitrogen functional groups attached to an aromatic ring is 1. The van der Waals surface area contributed by atoms with Gasteiger partial charge in [0.05, 0.1) is 17.7 Å². The summed E-state index contributed by atoms with van der Waals surface area (Å²) in [6, 6.07) is 1.76. The van der Waals surface area contributed by atoms with Crippen molar-refractivity contribution in [3.8, 4) is 5.75 Å². The van der Waals surface area contributed by atoms with Crippen molar-refractivity contribution in [2.75, 3.05) is 12.8 Å². The standard InChI is InChI=1S/C9H7ClF3NO3/c1-16-8(15)4-2-7(17-9(11,12)13)5(10)3-6(4)14/h2-3H,14H2,1H3. The Labute approximate surface area is 99.1 Å². The molecule has 0 aliphatic rings. The van der Waals surface area contributed by atoms with E-state index in [2.05, 4.69) is 9.47 Å². The van der Waals surface area contributed by atoms with Gasteiger partial charge in [-0.3, -0.25) is 0 Å². The van der Waals surface area contributed by atoms with E-state index in [0.29, 0.717) is 0 Å². The second kappa shape index (κ2) is 4.70. The molecular formula is C9H7ClF3NO3. The minimum Gasteiger partial charge on any atom is -0.465 e. The normalized spacial score (nSPS) is 11.1. The molecule has 1 rings (SSSR count). The van der Waals surface area contributed by atoms with Gasteiger partial charge in [0, 0.05) is 5.69 Å². The summed E-state index contributed by atoms with van der Waals surface area (Å²) in [5.41, 5.74) is 5.05. The summed E-state index contributed by atoms with van der Waals surface area (Å²) in [7, 11) is 1.07. The van der Waals surface area contributed by atoms with E-state index in [0.717, 1.165) is 19.2 Å². The highest BCUT2D eigenvalue weighted by molar-refractivity contribution is 6.32. The Morgan fingerprint density at radius 3 is 2.47 bits per heavy atom. The van der Waals surface area contributed by atoms with Gasteiger partial charge in [0.2, 0.25) is 0 Å². The molecule has 94 valence electrons. The summed E-state index contributed by atoms with van der Waals surface area (Å²) in [4.78, 5) is 11.2. The van der Waals surface area contributed by atoms with Gasteiger partial charge in [-0.1, -0.05) is 11.6 Å². The summed E-state index contributed by atoms with van der Waals surface area (Å²) in [5.74, 6) is -1.60. The molecule has 0 spiro atoms. The van der Waals surface area contributed by atoms with Crippen LogP contribution in [0.3, 0.4) is 0 Å². The van der Waals surface area contributed by atoms with E-state index < -0.39 is 18.1 Å². The molecule has 0 saturated carbocycles. The van der Waals surface area contributed by atoms with Crippen molar-refractivity contribution in [2.24, 2.45) is 0 Å². The molecule has 0 fully saturated rings. The van der Waals surface area contributed by atoms with Gasteiger partial charge in [-0.15, -0.1) is 13.2 Å². The maximum atomic E-state index is 12.0. The first-order valence-corrected chi connectivity index (χ1v) is 4.55. The molecule has 0 unspecified atom stereocenters. The lowest BCUT2D eigenvalue weighted by Gasteiger charge is -2.12. The van der Waals surface area contributed by atoms with Gasteiger partial charge in [-0.05, 0) is 12.1 Å². The van der Waals surface area contributed by atoms with Crippen LogP contribution in [0.5, 0.6) is 5.75 Å². The number of carbonyl (C=O) groups is 1. The van der Waals surface area contributed by atoms with E-state index in [4.69, 9.17) is 17.3 Å². The summed E-state index contributed by atoms with van der Waals surface area (Å²) < 4.78 is 44.0. The Kier molecular flexibility index (Phi) is 3.72. The number of benzene rings is 1. The predicted molar refractivity (Wildman–Crippen MR) is 53.9 cm³/mol. The van der Waals surface area contributed by atoms with E-state index in [1.54, 1.807) is 0 Å². The summed E-state index contributed by atoms with van der Waals surface area (Å²) in [5, 5.41) is -0.354. The lowest BCUT2D eigenvalue weighted by Crippen LogP contribution is -2.18. The van der Waals surface area contributed by atoms with E-state index in [1.807, 2.05) is 0 Å². The van der Waals surface area contributed by atoms with Crippen LogP contribution < -0.4 is 10.5 Å². The summed E-state index contributed by atoms with van der Waals surface area (Å²) >= 11 is 5.50. The molecule has 4 nitrogen and oxygen atoms in total. The van der Waals surface area contributed by atoms with Gasteiger partial charge in [-0.25, -0.2) is 4.79 Å². The first kappa shape index (κ1) is 13.4. The van der Waals surface area contributed by atoms with Gasteiger partial charge in [-0.2, -0.15) is 0 Å². The quantitative estimate of drug-likeness (QED) is 0.662. The third-order valence-corrected chi connectivity index (χ3v) is 2.03. The number of carbonyl (C=O) groups excluding carboxylic acids is 1. The first-order valence-electron chi connectivity index (χ1n) is 4.17. The third kappa shape index (κ3) is 3.42. The van der Waals surface area contributed by atoms with Crippen molar-refractivity contribution in [1.82, 2.24) is 0 Å². The fourth-order valence-corrected chi connectivity index (χ4v) is 1.27. The smallest absolute Gasteiger partial charge is 0.465 e. The number of hydrogen-bond acceptors (Lipinski definition) is 4.